The highest BCUT2D eigenvalue weighted by atomic mass is 19.4. The van der Waals surface area contributed by atoms with Gasteiger partial charge in [0, 0.05) is 25.8 Å². The van der Waals surface area contributed by atoms with Gasteiger partial charge in [-0.3, -0.25) is 4.79 Å². The first-order valence-corrected chi connectivity index (χ1v) is 11.3. The molecule has 0 atom stereocenters. The molecule has 0 aliphatic heterocycles. The minimum absolute atomic E-state index is 0.0997. The van der Waals surface area contributed by atoms with Gasteiger partial charge in [-0.15, -0.1) is 0 Å². The van der Waals surface area contributed by atoms with Crippen LogP contribution in [0.2, 0.25) is 0 Å². The van der Waals surface area contributed by atoms with Gasteiger partial charge in [0.25, 0.3) is 5.91 Å². The Morgan fingerprint density at radius 2 is 1.76 bits per heavy atom. The van der Waals surface area contributed by atoms with E-state index < -0.39 is 11.7 Å². The zero-order valence-corrected chi connectivity index (χ0v) is 19.5. The van der Waals surface area contributed by atoms with Crippen molar-refractivity contribution < 1.29 is 18.0 Å². The fourth-order valence-electron chi connectivity index (χ4n) is 4.24. The van der Waals surface area contributed by atoms with Gasteiger partial charge in [-0.1, -0.05) is 38.8 Å². The number of imidazole rings is 1. The van der Waals surface area contributed by atoms with Gasteiger partial charge in [0.2, 0.25) is 0 Å². The highest BCUT2D eigenvalue weighted by molar-refractivity contribution is 5.99. The first-order valence-electron chi connectivity index (χ1n) is 11.3. The van der Waals surface area contributed by atoms with Crippen molar-refractivity contribution in [3.63, 3.8) is 0 Å². The molecule has 3 rings (SSSR count). The molecule has 1 N–H and O–H groups in total. The molecule has 0 saturated heterocycles. The van der Waals surface area contributed by atoms with Gasteiger partial charge in [-0.25, -0.2) is 4.98 Å². The van der Waals surface area contributed by atoms with Crippen molar-refractivity contribution in [3.05, 3.63) is 59.4 Å². The Labute approximate surface area is 192 Å². The second-order valence-corrected chi connectivity index (χ2v) is 8.42. The third-order valence-electron chi connectivity index (χ3n) is 5.74. The maximum Gasteiger partial charge on any atom is 0.416 e. The van der Waals surface area contributed by atoms with Gasteiger partial charge in [-0.2, -0.15) is 13.2 Å². The molecule has 33 heavy (non-hydrogen) atoms. The molecule has 0 radical (unpaired) electrons. The molecule has 0 aliphatic carbocycles. The summed E-state index contributed by atoms with van der Waals surface area (Å²) in [5, 5.41) is 2.92. The Kier molecular flexibility index (Phi) is 7.66. The van der Waals surface area contributed by atoms with Crippen molar-refractivity contribution in [1.29, 1.82) is 0 Å². The summed E-state index contributed by atoms with van der Waals surface area (Å²) < 4.78 is 41.8. The summed E-state index contributed by atoms with van der Waals surface area (Å²) in [6.45, 7) is 4.30. The molecule has 1 aromatic heterocycles. The smallest absolute Gasteiger partial charge is 0.377 e. The largest absolute Gasteiger partial charge is 0.416 e. The third kappa shape index (κ3) is 5.49. The Balaban J connectivity index is 2.00. The van der Waals surface area contributed by atoms with Crippen molar-refractivity contribution in [2.75, 3.05) is 19.0 Å². The molecule has 8 heteroatoms. The van der Waals surface area contributed by atoms with Crippen LogP contribution in [0.1, 0.15) is 67.3 Å². The SMILES string of the molecule is CCCC(CCC)n1c(CNC(=O)c2ccccc2N(C)C)nc2cc(C(F)(F)F)ccc21. The van der Waals surface area contributed by atoms with Crippen molar-refractivity contribution >= 4 is 22.6 Å². The molecule has 0 aliphatic rings. The monoisotopic (exact) mass is 460 g/mol. The van der Waals surface area contributed by atoms with Gasteiger partial charge >= 0.3 is 6.18 Å². The molecule has 178 valence electrons. The average molecular weight is 461 g/mol. The van der Waals surface area contributed by atoms with Gasteiger partial charge in [0.1, 0.15) is 5.82 Å². The van der Waals surface area contributed by atoms with Gasteiger partial charge in [0.05, 0.1) is 28.7 Å². The van der Waals surface area contributed by atoms with Crippen LogP contribution in [0.4, 0.5) is 18.9 Å². The number of carbonyl (C=O) groups is 1. The van der Waals surface area contributed by atoms with Crippen LogP contribution in [0.5, 0.6) is 0 Å². The summed E-state index contributed by atoms with van der Waals surface area (Å²) in [6.07, 6.45) is -0.802. The molecule has 1 heterocycles. The number of carbonyl (C=O) groups excluding carboxylic acids is 1. The van der Waals surface area contributed by atoms with E-state index in [-0.39, 0.29) is 18.5 Å². The van der Waals surface area contributed by atoms with Crippen LogP contribution in [-0.2, 0) is 12.7 Å². The number of fused-ring (bicyclic) bond motifs is 1. The van der Waals surface area contributed by atoms with Crippen LogP contribution in [0.25, 0.3) is 11.0 Å². The van der Waals surface area contributed by atoms with Crippen LogP contribution >= 0.6 is 0 Å². The lowest BCUT2D eigenvalue weighted by Crippen LogP contribution is -2.27. The standard InChI is InChI=1S/C25H31F3N4O/c1-5-9-18(10-6-2)32-22-14-13-17(25(26,27)28)15-20(22)30-23(32)16-29-24(33)19-11-7-8-12-21(19)31(3)4/h7-8,11-15,18H,5-6,9-10,16H2,1-4H3,(H,29,33). The van der Waals surface area contributed by atoms with Gasteiger partial charge < -0.3 is 14.8 Å². The first-order chi connectivity index (χ1) is 15.7. The van der Waals surface area contributed by atoms with Gasteiger partial charge in [0.15, 0.2) is 0 Å². The van der Waals surface area contributed by atoms with E-state index in [0.717, 1.165) is 43.5 Å². The van der Waals surface area contributed by atoms with E-state index in [0.29, 0.717) is 22.4 Å². The predicted molar refractivity (Wildman–Crippen MR) is 126 cm³/mol. The molecule has 3 aromatic rings. The molecule has 0 bridgehead atoms. The number of alkyl halides is 3. The Morgan fingerprint density at radius 3 is 2.36 bits per heavy atom. The number of aromatic nitrogens is 2. The van der Waals surface area contributed by atoms with Crippen LogP contribution in [0.3, 0.4) is 0 Å². The molecule has 0 spiro atoms. The fraction of sp³-hybridized carbons (Fsp3) is 0.440. The van der Waals surface area contributed by atoms with E-state index in [2.05, 4.69) is 24.1 Å². The van der Waals surface area contributed by atoms with Crippen molar-refractivity contribution in [3.8, 4) is 0 Å². The predicted octanol–water partition coefficient (Wildman–Crippen LogP) is 6.19. The summed E-state index contributed by atoms with van der Waals surface area (Å²) >= 11 is 0. The van der Waals surface area contributed by atoms with E-state index in [9.17, 15) is 18.0 Å². The lowest BCUT2D eigenvalue weighted by molar-refractivity contribution is -0.137. The van der Waals surface area contributed by atoms with Gasteiger partial charge in [-0.05, 0) is 43.2 Å². The number of hydrogen-bond donors (Lipinski definition) is 1. The van der Waals surface area contributed by atoms with Crippen LogP contribution in [-0.4, -0.2) is 29.6 Å². The summed E-state index contributed by atoms with van der Waals surface area (Å²) in [7, 11) is 3.73. The summed E-state index contributed by atoms with van der Waals surface area (Å²) in [6, 6.07) is 11.1. The molecule has 0 fully saturated rings. The number of halogens is 3. The lowest BCUT2D eigenvalue weighted by Gasteiger charge is -2.22. The number of rotatable bonds is 9. The fourth-order valence-corrected chi connectivity index (χ4v) is 4.24. The van der Waals surface area contributed by atoms with E-state index >= 15 is 0 Å². The molecule has 0 unspecified atom stereocenters. The normalized spacial score (nSPS) is 11.9. The zero-order chi connectivity index (χ0) is 24.2. The first kappa shape index (κ1) is 24.6. The van der Waals surface area contributed by atoms with E-state index in [1.165, 1.54) is 6.07 Å². The zero-order valence-electron chi connectivity index (χ0n) is 19.5. The second kappa shape index (κ2) is 10.3. The topological polar surface area (TPSA) is 50.2 Å². The second-order valence-electron chi connectivity index (χ2n) is 8.42. The number of benzene rings is 2. The van der Waals surface area contributed by atoms with E-state index in [1.54, 1.807) is 12.1 Å². The van der Waals surface area contributed by atoms with Crippen LogP contribution in [0.15, 0.2) is 42.5 Å². The number of hydrogen-bond acceptors (Lipinski definition) is 3. The third-order valence-corrected chi connectivity index (χ3v) is 5.74. The summed E-state index contributed by atoms with van der Waals surface area (Å²) in [5.41, 5.74) is 1.54. The molecule has 2 aromatic carbocycles. The molecular formula is C25H31F3N4O. The average Bonchev–Trinajstić information content (AvgIpc) is 3.14. The molecule has 0 saturated carbocycles. The van der Waals surface area contributed by atoms with Crippen molar-refractivity contribution in [2.45, 2.75) is 58.3 Å². The Hall–Kier alpha value is -3.03. The number of anilines is 1. The Morgan fingerprint density at radius 1 is 1.09 bits per heavy atom. The van der Waals surface area contributed by atoms with Crippen LogP contribution in [0, 0.1) is 0 Å². The maximum atomic E-state index is 13.3. The van der Waals surface area contributed by atoms with Crippen LogP contribution < -0.4 is 10.2 Å². The summed E-state index contributed by atoms with van der Waals surface area (Å²) in [4.78, 5) is 19.3. The molecule has 5 nitrogen and oxygen atoms in total. The molecular weight excluding hydrogens is 429 g/mol. The molecule has 1 amide bonds. The minimum Gasteiger partial charge on any atom is -0.377 e. The maximum absolute atomic E-state index is 13.3. The van der Waals surface area contributed by atoms with E-state index in [1.807, 2.05) is 35.7 Å². The van der Waals surface area contributed by atoms with E-state index in [4.69, 9.17) is 0 Å². The number of nitrogens with one attached hydrogen (secondary N) is 1. The number of nitrogens with zero attached hydrogens (tertiary/aromatic N) is 3. The quantitative estimate of drug-likeness (QED) is 0.414. The highest BCUT2D eigenvalue weighted by Crippen LogP contribution is 2.34. The number of para-hydroxylation sites is 1. The van der Waals surface area contributed by atoms with Crippen molar-refractivity contribution in [2.24, 2.45) is 0 Å². The lowest BCUT2D eigenvalue weighted by atomic mass is 10.1. The summed E-state index contributed by atoms with van der Waals surface area (Å²) in [5.74, 6) is 0.309. The Bertz CT molecular complexity index is 1100. The highest BCUT2D eigenvalue weighted by Gasteiger charge is 2.31. The number of amides is 1. The van der Waals surface area contributed by atoms with Crippen molar-refractivity contribution in [1.82, 2.24) is 14.9 Å². The minimum atomic E-state index is -4.44.